The van der Waals surface area contributed by atoms with Crippen molar-refractivity contribution in [2.24, 2.45) is 0 Å². The Bertz CT molecular complexity index is 38.5. The molecule has 0 aliphatic heterocycles. The first-order valence-electron chi connectivity index (χ1n) is 1.87. The molecule has 0 saturated heterocycles. The molecule has 0 aliphatic carbocycles. The zero-order valence-electron chi connectivity index (χ0n) is 4.57. The van der Waals surface area contributed by atoms with E-state index in [-0.39, 0.29) is 35.7 Å². The summed E-state index contributed by atoms with van der Waals surface area (Å²) in [6.45, 7) is -0.111. The molecule has 0 saturated carbocycles. The molecule has 5 heteroatoms. The van der Waals surface area contributed by atoms with Crippen LogP contribution in [0.15, 0.2) is 0 Å². The minimum Gasteiger partial charge on any atom is -0.429 e. The second-order valence-electron chi connectivity index (χ2n) is 0.282. The van der Waals surface area contributed by atoms with Crippen LogP contribution in [0.5, 0.6) is 0 Å². The smallest absolute Gasteiger partial charge is 0.429 e. The van der Waals surface area contributed by atoms with Gasteiger partial charge in [0.25, 0.3) is 0 Å². The minimum atomic E-state index is -0.111. The van der Waals surface area contributed by atoms with Gasteiger partial charge in [0.15, 0.2) is 0 Å². The summed E-state index contributed by atoms with van der Waals surface area (Å²) in [5.41, 5.74) is 0. The van der Waals surface area contributed by atoms with Gasteiger partial charge in [0.2, 0.25) is 0 Å². The van der Waals surface area contributed by atoms with Gasteiger partial charge in [-0.1, -0.05) is 0 Å². The maximum Gasteiger partial charge on any atom is 0.482 e. The predicted molar refractivity (Wildman–Crippen MR) is 21.9 cm³/mol. The van der Waals surface area contributed by atoms with Gasteiger partial charge in [0.05, 0.1) is 0 Å². The first kappa shape index (κ1) is 10.3. The Morgan fingerprint density at radius 3 is 2.00 bits per heavy atom. The first-order chi connectivity index (χ1) is 3.33. The summed E-state index contributed by atoms with van der Waals surface area (Å²) >= 11 is 0. The van der Waals surface area contributed by atoms with Crippen LogP contribution in [0.2, 0.25) is 0 Å². The van der Waals surface area contributed by atoms with Crippen molar-refractivity contribution in [1.82, 2.24) is 0 Å². The fourth-order valence-electron chi connectivity index (χ4n) is 0. The Morgan fingerprint density at radius 2 is 2.00 bits per heavy atom. The molecule has 0 unspecified atom stereocenters. The van der Waals surface area contributed by atoms with Gasteiger partial charge in [-0.2, -0.15) is 0 Å². The molecule has 0 bridgehead atoms. The molecule has 0 aliphatic rings. The molecule has 2 N–H and O–H groups in total. The summed E-state index contributed by atoms with van der Waals surface area (Å²) in [5.74, 6) is 0. The number of hydrogen-bond donors (Lipinski definition) is 2. The third kappa shape index (κ3) is 1020. The Kier molecular flexibility index (Phi) is 48.8. The molecule has 0 aromatic rings. The van der Waals surface area contributed by atoms with E-state index in [0.29, 0.717) is 6.29 Å². The molecule has 41 valence electrons. The van der Waals surface area contributed by atoms with E-state index in [2.05, 4.69) is 0 Å². The molecular weight excluding hydrogens is 267 g/mol. The van der Waals surface area contributed by atoms with Crippen LogP contribution in [-0.2, 0) is 25.9 Å². The van der Waals surface area contributed by atoms with Gasteiger partial charge in [-0.25, -0.2) is 0 Å². The number of carbonyl (C=O) groups is 1. The first-order valence-corrected chi connectivity index (χ1v) is 1.16. The second kappa shape index (κ2) is 33.0. The third-order valence-electron chi connectivity index (χ3n) is 0. The molecule has 0 spiro atoms. The van der Waals surface area contributed by atoms with Crippen LogP contribution in [0.3, 0.4) is 0 Å². The van der Waals surface area contributed by atoms with Crippen LogP contribution in [0.4, 0.5) is 0 Å². The van der Waals surface area contributed by atoms with Crippen LogP contribution in [0, 0.1) is 0 Å². The van der Waals surface area contributed by atoms with E-state index in [0.717, 1.165) is 0 Å². The molecule has 3 nitrogen and oxygen atoms in total. The van der Waals surface area contributed by atoms with Gasteiger partial charge in [-0.05, 0) is 6.90 Å². The zero-order valence-corrected chi connectivity index (χ0v) is 6.51. The van der Waals surface area contributed by atoms with E-state index in [9.17, 15) is 0 Å². The number of rotatable bonds is 0. The molecule has 7 heavy (non-hydrogen) atoms. The number of aldehydes is 1. The van der Waals surface area contributed by atoms with Gasteiger partial charge in [-0.3, -0.25) is 0 Å². The molecule has 0 heterocycles. The van der Waals surface area contributed by atoms with E-state index in [4.69, 9.17) is 16.2 Å². The average molecular weight is 275 g/mol. The number of hydrogen-bond acceptors (Lipinski definition) is 3. The van der Waals surface area contributed by atoms with E-state index in [1.807, 2.05) is 0 Å². The molecule has 0 amide bonds. The topological polar surface area (TPSA) is 57.5 Å². The van der Waals surface area contributed by atoms with E-state index >= 15 is 0 Å². The van der Waals surface area contributed by atoms with Crippen LogP contribution < -0.4 is 0 Å². The van der Waals surface area contributed by atoms with Crippen molar-refractivity contribution in [3.05, 3.63) is 0 Å². The summed E-state index contributed by atoms with van der Waals surface area (Å²) in [6.07, 6.45) is 0.542. The summed E-state index contributed by atoms with van der Waals surface area (Å²) < 4.78 is 6.08. The van der Waals surface area contributed by atoms with Crippen LogP contribution in [-0.4, -0.2) is 24.0 Å². The molecule has 0 fully saturated rings. The summed E-state index contributed by atoms with van der Waals surface area (Å²) in [6, 6.07) is 0. The molecular formula is C2H6BO3W. The van der Waals surface area contributed by atoms with Crippen LogP contribution in [0.1, 0.15) is 8.27 Å². The van der Waals surface area contributed by atoms with E-state index in [1.54, 1.807) is 0 Å². The van der Waals surface area contributed by atoms with Gasteiger partial charge in [-0.15, -0.1) is 0 Å². The zero-order chi connectivity index (χ0) is 6.12. The maximum atomic E-state index is 8.99. The van der Waals surface area contributed by atoms with Crippen LogP contribution >= 0.6 is 0 Å². The van der Waals surface area contributed by atoms with Crippen molar-refractivity contribution < 1.29 is 37.3 Å². The summed E-state index contributed by atoms with van der Waals surface area (Å²) in [7, 11) is 0. The third-order valence-corrected chi connectivity index (χ3v) is 0. The van der Waals surface area contributed by atoms with Crippen LogP contribution in [0.25, 0.3) is 0 Å². The molecule has 0 rings (SSSR count). The fraction of sp³-hybridized carbons (Fsp3) is 0.500. The van der Waals surface area contributed by atoms with Crippen molar-refractivity contribution in [2.75, 3.05) is 0 Å². The van der Waals surface area contributed by atoms with Gasteiger partial charge in [0.1, 0.15) is 6.29 Å². The molecule has 0 atom stereocenters. The molecule has 1 radical (unpaired) electrons. The Morgan fingerprint density at radius 1 is 1.86 bits per heavy atom. The van der Waals surface area contributed by atoms with Crippen molar-refractivity contribution in [1.29, 1.82) is 0 Å². The van der Waals surface area contributed by atoms with Gasteiger partial charge < -0.3 is 14.8 Å². The van der Waals surface area contributed by atoms with Crippen molar-refractivity contribution in [3.63, 3.8) is 0 Å². The van der Waals surface area contributed by atoms with E-state index in [1.165, 1.54) is 0 Å². The van der Waals surface area contributed by atoms with Crippen molar-refractivity contribution in [3.8, 4) is 0 Å². The van der Waals surface area contributed by atoms with Crippen molar-refractivity contribution >= 4 is 14.0 Å². The summed E-state index contributed by atoms with van der Waals surface area (Å²) in [4.78, 5) is 8.99. The Labute approximate surface area is 58.7 Å². The maximum absolute atomic E-state index is 8.99. The Balaban J connectivity index is -0.0000000575. The molecule has 0 aromatic carbocycles. The summed E-state index contributed by atoms with van der Waals surface area (Å²) in [5, 5.41) is 14.0. The van der Waals surface area contributed by atoms with Gasteiger partial charge in [0, 0.05) is 22.4 Å². The average Bonchev–Trinajstić information content (AvgIpc) is 1.69. The normalized spacial score (nSPS) is 5.71. The van der Waals surface area contributed by atoms with E-state index < -0.39 is 0 Å². The second-order valence-corrected chi connectivity index (χ2v) is 0.282. The molecule has 0 aromatic heterocycles. The standard InChI is InChI=1S/C2H4O.BH2O2.W/c1-2-3;2-1-3;/h2H,1H3;2-3H;/i1T;;. The quantitative estimate of drug-likeness (QED) is 0.427. The SMILES string of the molecule is O[B]O.[3H]CC=O.[W]. The monoisotopic (exact) mass is 275 g/mol. The number of carbonyl (C=O) groups excluding carboxylic acids is 1. The predicted octanol–water partition coefficient (Wildman–Crippen LogP) is -1.29. The fourth-order valence-corrected chi connectivity index (χ4v) is 0. The van der Waals surface area contributed by atoms with Gasteiger partial charge >= 0.3 is 7.69 Å². The minimum absolute atomic E-state index is 0. The largest absolute Gasteiger partial charge is 0.482 e. The van der Waals surface area contributed by atoms with Crippen molar-refractivity contribution in [2.45, 2.75) is 6.90 Å². The Hall–Kier alpha value is 0.343.